The Morgan fingerprint density at radius 3 is 2.59 bits per heavy atom. The molecule has 0 bridgehead atoms. The van der Waals surface area contributed by atoms with E-state index < -0.39 is 6.10 Å². The van der Waals surface area contributed by atoms with Crippen molar-refractivity contribution < 1.29 is 14.3 Å². The van der Waals surface area contributed by atoms with Crippen molar-refractivity contribution >= 4 is 17.7 Å². The summed E-state index contributed by atoms with van der Waals surface area (Å²) in [6.07, 6.45) is -0.721. The van der Waals surface area contributed by atoms with Crippen LogP contribution in [0.3, 0.4) is 0 Å². The van der Waals surface area contributed by atoms with Crippen molar-refractivity contribution in [2.24, 2.45) is 0 Å². The minimum atomic E-state index is -0.721. The zero-order chi connectivity index (χ0) is 15.9. The van der Waals surface area contributed by atoms with E-state index in [1.165, 1.54) is 23.9 Å². The second kappa shape index (κ2) is 7.96. The highest BCUT2D eigenvalue weighted by atomic mass is 32.2. The molecule has 0 aliphatic heterocycles. The Labute approximate surface area is 133 Å². The van der Waals surface area contributed by atoms with Crippen LogP contribution in [0.2, 0.25) is 0 Å². The van der Waals surface area contributed by atoms with Gasteiger partial charge in [0.15, 0.2) is 0 Å². The van der Waals surface area contributed by atoms with E-state index in [0.29, 0.717) is 0 Å². The molecule has 2 aromatic carbocycles. The number of rotatable bonds is 6. The first-order valence-electron chi connectivity index (χ1n) is 6.95. The van der Waals surface area contributed by atoms with Crippen molar-refractivity contribution in [1.82, 2.24) is 5.32 Å². The lowest BCUT2D eigenvalue weighted by Crippen LogP contribution is -2.30. The van der Waals surface area contributed by atoms with E-state index in [2.05, 4.69) is 5.32 Å². The Balaban J connectivity index is 1.78. The van der Waals surface area contributed by atoms with E-state index in [-0.39, 0.29) is 24.0 Å². The third-order valence-corrected chi connectivity index (χ3v) is 4.24. The molecule has 1 atom stereocenters. The largest absolute Gasteiger partial charge is 0.387 e. The van der Waals surface area contributed by atoms with Crippen molar-refractivity contribution in [1.29, 1.82) is 0 Å². The maximum atomic E-state index is 12.8. The number of hydrogen-bond donors (Lipinski definition) is 2. The molecule has 0 radical (unpaired) electrons. The van der Waals surface area contributed by atoms with Crippen LogP contribution in [0, 0.1) is 12.7 Å². The molecule has 0 spiro atoms. The fraction of sp³-hybridized carbons (Fsp3) is 0.235. The minimum Gasteiger partial charge on any atom is -0.387 e. The monoisotopic (exact) mass is 319 g/mol. The van der Waals surface area contributed by atoms with Crippen molar-refractivity contribution in [3.8, 4) is 0 Å². The van der Waals surface area contributed by atoms with Gasteiger partial charge in [-0.2, -0.15) is 0 Å². The van der Waals surface area contributed by atoms with E-state index in [0.717, 1.165) is 16.0 Å². The third-order valence-electron chi connectivity index (χ3n) is 3.22. The van der Waals surface area contributed by atoms with Crippen LogP contribution in [0.25, 0.3) is 0 Å². The molecule has 1 unspecified atom stereocenters. The molecule has 0 aliphatic rings. The summed E-state index contributed by atoms with van der Waals surface area (Å²) in [5.74, 6) is -0.233. The number of amides is 1. The highest BCUT2D eigenvalue weighted by Crippen LogP contribution is 2.18. The Hall–Kier alpha value is -1.85. The van der Waals surface area contributed by atoms with Gasteiger partial charge in [-0.05, 0) is 42.3 Å². The number of thioether (sulfide) groups is 1. The number of carbonyl (C=O) groups is 1. The first kappa shape index (κ1) is 16.5. The van der Waals surface area contributed by atoms with E-state index >= 15 is 0 Å². The first-order valence-corrected chi connectivity index (χ1v) is 7.93. The predicted molar refractivity (Wildman–Crippen MR) is 86.3 cm³/mol. The topological polar surface area (TPSA) is 49.3 Å². The molecule has 2 N–H and O–H groups in total. The zero-order valence-corrected chi connectivity index (χ0v) is 13.1. The number of nitrogens with one attached hydrogen (secondary N) is 1. The number of hydrogen-bond acceptors (Lipinski definition) is 3. The number of aryl methyl sites for hydroxylation is 1. The highest BCUT2D eigenvalue weighted by molar-refractivity contribution is 8.00. The maximum absolute atomic E-state index is 12.8. The Morgan fingerprint density at radius 1 is 1.23 bits per heavy atom. The van der Waals surface area contributed by atoms with Gasteiger partial charge in [0, 0.05) is 11.4 Å². The molecule has 2 rings (SSSR count). The normalized spacial score (nSPS) is 12.0. The lowest BCUT2D eigenvalue weighted by Gasteiger charge is -2.14. The summed E-state index contributed by atoms with van der Waals surface area (Å²) >= 11 is 1.33. The summed E-state index contributed by atoms with van der Waals surface area (Å²) in [5.41, 5.74) is 1.80. The standard InChI is InChI=1S/C17H18FNO2S/c1-12-4-2-3-5-15(12)16(20)10-19-17(21)11-22-14-8-6-13(18)7-9-14/h2-9,16,20H,10-11H2,1H3,(H,19,21). The molecular weight excluding hydrogens is 301 g/mol. The SMILES string of the molecule is Cc1ccccc1C(O)CNC(=O)CSc1ccc(F)cc1. The van der Waals surface area contributed by atoms with Gasteiger partial charge in [0.2, 0.25) is 5.91 Å². The number of benzene rings is 2. The molecule has 0 fully saturated rings. The van der Waals surface area contributed by atoms with Gasteiger partial charge in [0.05, 0.1) is 11.9 Å². The van der Waals surface area contributed by atoms with Crippen LogP contribution in [0.1, 0.15) is 17.2 Å². The van der Waals surface area contributed by atoms with Gasteiger partial charge in [-0.1, -0.05) is 24.3 Å². The van der Waals surface area contributed by atoms with E-state index in [4.69, 9.17) is 0 Å². The molecule has 1 amide bonds. The molecule has 5 heteroatoms. The Kier molecular flexibility index (Phi) is 5.98. The Bertz CT molecular complexity index is 631. The predicted octanol–water partition coefficient (Wildman–Crippen LogP) is 3.08. The second-order valence-electron chi connectivity index (χ2n) is 4.92. The van der Waals surface area contributed by atoms with Gasteiger partial charge in [-0.25, -0.2) is 4.39 Å². The summed E-state index contributed by atoms with van der Waals surface area (Å²) in [6.45, 7) is 2.10. The smallest absolute Gasteiger partial charge is 0.230 e. The van der Waals surface area contributed by atoms with Gasteiger partial charge in [-0.15, -0.1) is 11.8 Å². The molecule has 116 valence electrons. The van der Waals surface area contributed by atoms with Gasteiger partial charge in [0.1, 0.15) is 5.82 Å². The lowest BCUT2D eigenvalue weighted by molar-refractivity contribution is -0.119. The van der Waals surface area contributed by atoms with Crippen molar-refractivity contribution in [2.75, 3.05) is 12.3 Å². The molecule has 0 aromatic heterocycles. The number of halogens is 1. The number of aliphatic hydroxyl groups is 1. The summed E-state index contributed by atoms with van der Waals surface area (Å²) in [6, 6.07) is 13.5. The average molecular weight is 319 g/mol. The molecule has 2 aromatic rings. The van der Waals surface area contributed by atoms with E-state index in [1.54, 1.807) is 12.1 Å². The molecule has 0 aliphatic carbocycles. The quantitative estimate of drug-likeness (QED) is 0.805. The Morgan fingerprint density at radius 2 is 1.91 bits per heavy atom. The van der Waals surface area contributed by atoms with Crippen molar-refractivity contribution in [3.05, 3.63) is 65.5 Å². The van der Waals surface area contributed by atoms with Crippen molar-refractivity contribution in [2.45, 2.75) is 17.9 Å². The van der Waals surface area contributed by atoms with Crippen molar-refractivity contribution in [3.63, 3.8) is 0 Å². The second-order valence-corrected chi connectivity index (χ2v) is 5.97. The average Bonchev–Trinajstić information content (AvgIpc) is 2.52. The first-order chi connectivity index (χ1) is 10.6. The fourth-order valence-electron chi connectivity index (χ4n) is 2.01. The van der Waals surface area contributed by atoms with E-state index in [1.807, 2.05) is 31.2 Å². The maximum Gasteiger partial charge on any atom is 0.230 e. The van der Waals surface area contributed by atoms with Crippen LogP contribution in [0.4, 0.5) is 4.39 Å². The molecule has 0 saturated carbocycles. The lowest BCUT2D eigenvalue weighted by atomic mass is 10.0. The van der Waals surface area contributed by atoms with Crippen LogP contribution >= 0.6 is 11.8 Å². The van der Waals surface area contributed by atoms with Gasteiger partial charge in [-0.3, -0.25) is 4.79 Å². The number of aliphatic hydroxyl groups excluding tert-OH is 1. The van der Waals surface area contributed by atoms with Crippen LogP contribution in [-0.2, 0) is 4.79 Å². The van der Waals surface area contributed by atoms with Crippen LogP contribution in [0.5, 0.6) is 0 Å². The van der Waals surface area contributed by atoms with Gasteiger partial charge in [0.25, 0.3) is 0 Å². The summed E-state index contributed by atoms with van der Waals surface area (Å²) in [7, 11) is 0. The highest BCUT2D eigenvalue weighted by Gasteiger charge is 2.11. The fourth-order valence-corrected chi connectivity index (χ4v) is 2.74. The summed E-state index contributed by atoms with van der Waals surface area (Å²) in [4.78, 5) is 12.6. The van der Waals surface area contributed by atoms with Crippen LogP contribution in [0.15, 0.2) is 53.4 Å². The third kappa shape index (κ3) is 4.86. The summed E-state index contributed by atoms with van der Waals surface area (Å²) in [5, 5.41) is 12.8. The molecule has 0 saturated heterocycles. The van der Waals surface area contributed by atoms with E-state index in [9.17, 15) is 14.3 Å². The molecule has 3 nitrogen and oxygen atoms in total. The van der Waals surface area contributed by atoms with Crippen LogP contribution < -0.4 is 5.32 Å². The molecule has 22 heavy (non-hydrogen) atoms. The molecular formula is C17H18FNO2S. The number of carbonyl (C=O) groups excluding carboxylic acids is 1. The summed E-state index contributed by atoms with van der Waals surface area (Å²) < 4.78 is 12.8. The van der Waals surface area contributed by atoms with Gasteiger partial charge < -0.3 is 10.4 Å². The molecule has 0 heterocycles. The zero-order valence-electron chi connectivity index (χ0n) is 12.3. The minimum absolute atomic E-state index is 0.165. The van der Waals surface area contributed by atoms with Crippen LogP contribution in [-0.4, -0.2) is 23.3 Å². The van der Waals surface area contributed by atoms with Gasteiger partial charge >= 0.3 is 0 Å².